The van der Waals surface area contributed by atoms with Crippen LogP contribution in [-0.4, -0.2) is 30.0 Å². The van der Waals surface area contributed by atoms with Crippen molar-refractivity contribution < 1.29 is 9.13 Å². The molecule has 1 fully saturated rings. The van der Waals surface area contributed by atoms with Crippen LogP contribution in [0.4, 0.5) is 4.39 Å². The molecule has 17 heavy (non-hydrogen) atoms. The molecule has 1 aliphatic carbocycles. The van der Waals surface area contributed by atoms with E-state index in [9.17, 15) is 4.39 Å². The number of rotatable bonds is 2. The van der Waals surface area contributed by atoms with E-state index in [0.717, 1.165) is 30.5 Å². The van der Waals surface area contributed by atoms with E-state index in [-0.39, 0.29) is 5.82 Å². The van der Waals surface area contributed by atoms with E-state index in [0.29, 0.717) is 18.0 Å². The predicted molar refractivity (Wildman–Crippen MR) is 62.6 cm³/mol. The summed E-state index contributed by atoms with van der Waals surface area (Å²) in [6, 6.07) is 5.09. The SMILES string of the molecule is COC1CC(N2Cc3ccc(F)cc3C2=N)C1. The highest BCUT2D eigenvalue weighted by atomic mass is 19.1. The molecule has 0 amide bonds. The Hall–Kier alpha value is -1.42. The minimum atomic E-state index is -0.265. The lowest BCUT2D eigenvalue weighted by molar-refractivity contribution is -0.00812. The number of nitrogens with one attached hydrogen (secondary N) is 1. The number of nitrogens with zero attached hydrogens (tertiary/aromatic N) is 1. The first-order valence-corrected chi connectivity index (χ1v) is 5.86. The maximum Gasteiger partial charge on any atom is 0.129 e. The minimum absolute atomic E-state index is 0.265. The molecule has 0 radical (unpaired) electrons. The van der Waals surface area contributed by atoms with Crippen LogP contribution in [0.15, 0.2) is 18.2 Å². The molecule has 1 aromatic rings. The summed E-state index contributed by atoms with van der Waals surface area (Å²) in [5.74, 6) is 0.192. The van der Waals surface area contributed by atoms with Crippen molar-refractivity contribution in [2.75, 3.05) is 7.11 Å². The first-order valence-electron chi connectivity index (χ1n) is 5.86. The van der Waals surface area contributed by atoms with Gasteiger partial charge in [0.25, 0.3) is 0 Å². The Bertz CT molecular complexity index is 468. The van der Waals surface area contributed by atoms with Gasteiger partial charge in [-0.1, -0.05) is 6.07 Å². The van der Waals surface area contributed by atoms with Crippen molar-refractivity contribution in [1.29, 1.82) is 5.41 Å². The second-order valence-corrected chi connectivity index (χ2v) is 4.76. The van der Waals surface area contributed by atoms with Crippen LogP contribution in [0.3, 0.4) is 0 Å². The summed E-state index contributed by atoms with van der Waals surface area (Å²) in [5.41, 5.74) is 1.79. The molecule has 0 atom stereocenters. The third-order valence-electron chi connectivity index (χ3n) is 3.80. The van der Waals surface area contributed by atoms with Crippen molar-refractivity contribution in [1.82, 2.24) is 4.90 Å². The summed E-state index contributed by atoms with van der Waals surface area (Å²) >= 11 is 0. The number of benzene rings is 1. The lowest BCUT2D eigenvalue weighted by Crippen LogP contribution is -2.47. The molecule has 0 spiro atoms. The number of amidine groups is 1. The zero-order valence-electron chi connectivity index (χ0n) is 9.74. The molecule has 2 aliphatic rings. The third kappa shape index (κ3) is 1.63. The van der Waals surface area contributed by atoms with Crippen molar-refractivity contribution in [3.05, 3.63) is 35.1 Å². The fraction of sp³-hybridized carbons (Fsp3) is 0.462. The lowest BCUT2D eigenvalue weighted by atomic mass is 9.88. The molecule has 90 valence electrons. The molecule has 1 aromatic carbocycles. The van der Waals surface area contributed by atoms with E-state index in [2.05, 4.69) is 4.90 Å². The number of fused-ring (bicyclic) bond motifs is 1. The molecule has 3 rings (SSSR count). The molecular formula is C13H15FN2O. The van der Waals surface area contributed by atoms with Gasteiger partial charge in [-0.05, 0) is 30.5 Å². The predicted octanol–water partition coefficient (Wildman–Crippen LogP) is 2.14. The average Bonchev–Trinajstić information content (AvgIpc) is 2.56. The number of ether oxygens (including phenoxy) is 1. The van der Waals surface area contributed by atoms with Crippen molar-refractivity contribution in [3.8, 4) is 0 Å². The largest absolute Gasteiger partial charge is 0.381 e. The molecule has 1 aliphatic heterocycles. The molecule has 1 heterocycles. The summed E-state index contributed by atoms with van der Waals surface area (Å²) in [6.07, 6.45) is 2.26. The molecule has 4 heteroatoms. The van der Waals surface area contributed by atoms with Gasteiger partial charge in [-0.25, -0.2) is 4.39 Å². The first kappa shape index (κ1) is 10.7. The Morgan fingerprint density at radius 1 is 1.41 bits per heavy atom. The summed E-state index contributed by atoms with van der Waals surface area (Å²) < 4.78 is 18.4. The van der Waals surface area contributed by atoms with Crippen molar-refractivity contribution in [2.24, 2.45) is 0 Å². The van der Waals surface area contributed by atoms with E-state index < -0.39 is 0 Å². The fourth-order valence-corrected chi connectivity index (χ4v) is 2.62. The number of hydrogen-bond acceptors (Lipinski definition) is 2. The van der Waals surface area contributed by atoms with Crippen LogP contribution < -0.4 is 0 Å². The van der Waals surface area contributed by atoms with Gasteiger partial charge in [-0.3, -0.25) is 5.41 Å². The van der Waals surface area contributed by atoms with Crippen LogP contribution in [0.2, 0.25) is 0 Å². The molecule has 0 saturated heterocycles. The quantitative estimate of drug-likeness (QED) is 0.851. The van der Waals surface area contributed by atoms with E-state index in [4.69, 9.17) is 10.1 Å². The highest BCUT2D eigenvalue weighted by molar-refractivity contribution is 6.00. The molecule has 3 nitrogen and oxygen atoms in total. The van der Waals surface area contributed by atoms with Gasteiger partial charge in [0.15, 0.2) is 0 Å². The zero-order chi connectivity index (χ0) is 12.0. The second kappa shape index (κ2) is 3.81. The van der Waals surface area contributed by atoms with Crippen molar-refractivity contribution in [3.63, 3.8) is 0 Å². The molecular weight excluding hydrogens is 219 g/mol. The smallest absolute Gasteiger partial charge is 0.129 e. The van der Waals surface area contributed by atoms with Gasteiger partial charge < -0.3 is 9.64 Å². The molecule has 0 bridgehead atoms. The Kier molecular flexibility index (Phi) is 2.40. The Morgan fingerprint density at radius 3 is 2.88 bits per heavy atom. The van der Waals surface area contributed by atoms with Crippen molar-refractivity contribution in [2.45, 2.75) is 31.5 Å². The topological polar surface area (TPSA) is 36.3 Å². The highest BCUT2D eigenvalue weighted by Crippen LogP contribution is 2.34. The normalized spacial score (nSPS) is 26.9. The van der Waals surface area contributed by atoms with Crippen LogP contribution in [0.25, 0.3) is 0 Å². The van der Waals surface area contributed by atoms with E-state index in [1.807, 2.05) is 0 Å². The monoisotopic (exact) mass is 234 g/mol. The average molecular weight is 234 g/mol. The molecule has 0 aromatic heterocycles. The Balaban J connectivity index is 1.78. The van der Waals surface area contributed by atoms with Gasteiger partial charge in [-0.15, -0.1) is 0 Å². The van der Waals surface area contributed by atoms with Crippen LogP contribution in [-0.2, 0) is 11.3 Å². The lowest BCUT2D eigenvalue weighted by Gasteiger charge is -2.41. The summed E-state index contributed by atoms with van der Waals surface area (Å²) in [7, 11) is 1.72. The van der Waals surface area contributed by atoms with E-state index in [1.165, 1.54) is 12.1 Å². The molecule has 1 N–H and O–H groups in total. The van der Waals surface area contributed by atoms with Crippen molar-refractivity contribution >= 4 is 5.84 Å². The van der Waals surface area contributed by atoms with Gasteiger partial charge in [0.2, 0.25) is 0 Å². The third-order valence-corrected chi connectivity index (χ3v) is 3.80. The maximum absolute atomic E-state index is 13.1. The molecule has 1 saturated carbocycles. The van der Waals surface area contributed by atoms with E-state index >= 15 is 0 Å². The van der Waals surface area contributed by atoms with Crippen LogP contribution in [0.5, 0.6) is 0 Å². The Labute approximate surface area is 99.7 Å². The standard InChI is InChI=1S/C13H15FN2O/c1-17-11-5-10(6-11)16-7-8-2-3-9(14)4-12(8)13(16)15/h2-4,10-11,15H,5-7H2,1H3. The van der Waals surface area contributed by atoms with Crippen LogP contribution in [0, 0.1) is 11.2 Å². The van der Waals surface area contributed by atoms with Gasteiger partial charge in [0, 0.05) is 25.3 Å². The van der Waals surface area contributed by atoms with Gasteiger partial charge in [0.1, 0.15) is 11.7 Å². The summed E-state index contributed by atoms with van der Waals surface area (Å²) in [6.45, 7) is 0.732. The van der Waals surface area contributed by atoms with Gasteiger partial charge in [0.05, 0.1) is 6.10 Å². The fourth-order valence-electron chi connectivity index (χ4n) is 2.62. The van der Waals surface area contributed by atoms with Crippen LogP contribution >= 0.6 is 0 Å². The van der Waals surface area contributed by atoms with Gasteiger partial charge in [-0.2, -0.15) is 0 Å². The first-order chi connectivity index (χ1) is 8.19. The summed E-state index contributed by atoms with van der Waals surface area (Å²) in [5, 5.41) is 8.09. The molecule has 0 unspecified atom stereocenters. The Morgan fingerprint density at radius 2 is 2.18 bits per heavy atom. The maximum atomic E-state index is 13.1. The number of methoxy groups -OCH3 is 1. The second-order valence-electron chi connectivity index (χ2n) is 4.76. The number of hydrogen-bond donors (Lipinski definition) is 1. The van der Waals surface area contributed by atoms with Gasteiger partial charge >= 0.3 is 0 Å². The van der Waals surface area contributed by atoms with Crippen LogP contribution in [0.1, 0.15) is 24.0 Å². The van der Waals surface area contributed by atoms with E-state index in [1.54, 1.807) is 13.2 Å². The highest BCUT2D eigenvalue weighted by Gasteiger charge is 2.38. The number of halogens is 1. The zero-order valence-corrected chi connectivity index (χ0v) is 9.74. The summed E-state index contributed by atoms with van der Waals surface area (Å²) in [4.78, 5) is 2.06. The minimum Gasteiger partial charge on any atom is -0.381 e.